The lowest BCUT2D eigenvalue weighted by Crippen LogP contribution is -2.37. The van der Waals surface area contributed by atoms with Gasteiger partial charge >= 0.3 is 0 Å². The van der Waals surface area contributed by atoms with Crippen molar-refractivity contribution in [3.8, 4) is 0 Å². The standard InChI is InChI=1S/C13H20BrN3O/c1-3-9-13(14)11(17(2)16-9)7-15-10-6-8-4-5-12(10)18-8/h8,10,12,15H,3-7H2,1-2H3. The molecule has 1 N–H and O–H groups in total. The predicted molar refractivity (Wildman–Crippen MR) is 73.4 cm³/mol. The summed E-state index contributed by atoms with van der Waals surface area (Å²) in [5.41, 5.74) is 2.37. The number of hydrogen-bond acceptors (Lipinski definition) is 3. The predicted octanol–water partition coefficient (Wildman–Crippen LogP) is 2.15. The van der Waals surface area contributed by atoms with Crippen LogP contribution >= 0.6 is 15.9 Å². The van der Waals surface area contributed by atoms with Crippen molar-refractivity contribution >= 4 is 15.9 Å². The fourth-order valence-electron chi connectivity index (χ4n) is 3.09. The Morgan fingerprint density at radius 1 is 1.50 bits per heavy atom. The molecule has 1 aromatic heterocycles. The molecule has 2 fully saturated rings. The summed E-state index contributed by atoms with van der Waals surface area (Å²) >= 11 is 3.66. The summed E-state index contributed by atoms with van der Waals surface area (Å²) < 4.78 is 9.00. The molecule has 3 unspecified atom stereocenters. The monoisotopic (exact) mass is 313 g/mol. The van der Waals surface area contributed by atoms with E-state index in [4.69, 9.17) is 4.74 Å². The number of ether oxygens (including phenoxy) is 1. The van der Waals surface area contributed by atoms with E-state index in [1.807, 2.05) is 11.7 Å². The molecule has 0 saturated carbocycles. The second kappa shape index (κ2) is 4.94. The summed E-state index contributed by atoms with van der Waals surface area (Å²) in [6, 6.07) is 0.524. The SMILES string of the molecule is CCc1nn(C)c(CNC2CC3CCC2O3)c1Br. The van der Waals surface area contributed by atoms with E-state index >= 15 is 0 Å². The summed E-state index contributed by atoms with van der Waals surface area (Å²) in [7, 11) is 2.01. The van der Waals surface area contributed by atoms with Gasteiger partial charge in [-0.3, -0.25) is 4.68 Å². The van der Waals surface area contributed by atoms with E-state index in [0.29, 0.717) is 18.2 Å². The van der Waals surface area contributed by atoms with E-state index in [1.54, 1.807) is 0 Å². The van der Waals surface area contributed by atoms with Gasteiger partial charge in [-0.15, -0.1) is 0 Å². The Labute approximate surface area is 116 Å². The van der Waals surface area contributed by atoms with Crippen molar-refractivity contribution in [1.82, 2.24) is 15.1 Å². The number of aryl methyl sites for hydroxylation is 2. The lowest BCUT2D eigenvalue weighted by atomic mass is 9.95. The molecule has 2 aliphatic rings. The van der Waals surface area contributed by atoms with Gasteiger partial charge in [0.05, 0.1) is 28.1 Å². The first-order valence-electron chi connectivity index (χ1n) is 6.78. The molecule has 5 heteroatoms. The molecule has 3 heterocycles. The Morgan fingerprint density at radius 3 is 2.89 bits per heavy atom. The molecular formula is C13H20BrN3O. The molecule has 0 radical (unpaired) electrons. The minimum atomic E-state index is 0.438. The Kier molecular flexibility index (Phi) is 3.47. The molecule has 0 amide bonds. The second-order valence-electron chi connectivity index (χ2n) is 5.28. The Bertz CT molecular complexity index is 446. The van der Waals surface area contributed by atoms with Gasteiger partial charge in [0.25, 0.3) is 0 Å². The van der Waals surface area contributed by atoms with Gasteiger partial charge in [-0.25, -0.2) is 0 Å². The van der Waals surface area contributed by atoms with E-state index in [0.717, 1.165) is 23.1 Å². The molecule has 0 aromatic carbocycles. The van der Waals surface area contributed by atoms with Gasteiger partial charge in [0.15, 0.2) is 0 Å². The van der Waals surface area contributed by atoms with Crippen molar-refractivity contribution in [2.45, 2.75) is 57.4 Å². The van der Waals surface area contributed by atoms with Crippen molar-refractivity contribution in [1.29, 1.82) is 0 Å². The van der Waals surface area contributed by atoms with E-state index in [9.17, 15) is 0 Å². The Balaban J connectivity index is 1.65. The maximum absolute atomic E-state index is 5.86. The van der Waals surface area contributed by atoms with Crippen LogP contribution in [0.5, 0.6) is 0 Å². The number of rotatable bonds is 4. The maximum atomic E-state index is 5.86. The fourth-order valence-corrected chi connectivity index (χ4v) is 3.85. The minimum absolute atomic E-state index is 0.438. The van der Waals surface area contributed by atoms with E-state index in [-0.39, 0.29) is 0 Å². The third-order valence-electron chi connectivity index (χ3n) is 4.14. The molecule has 18 heavy (non-hydrogen) atoms. The summed E-state index contributed by atoms with van der Waals surface area (Å²) in [4.78, 5) is 0. The second-order valence-corrected chi connectivity index (χ2v) is 6.07. The highest BCUT2D eigenvalue weighted by Crippen LogP contribution is 2.34. The Morgan fingerprint density at radius 2 is 2.33 bits per heavy atom. The zero-order valence-electron chi connectivity index (χ0n) is 10.9. The van der Waals surface area contributed by atoms with Crippen LogP contribution in [0.15, 0.2) is 4.47 Å². The molecule has 4 nitrogen and oxygen atoms in total. The van der Waals surface area contributed by atoms with Crippen molar-refractivity contribution in [3.05, 3.63) is 15.9 Å². The third-order valence-corrected chi connectivity index (χ3v) is 5.06. The van der Waals surface area contributed by atoms with Crippen LogP contribution in [0.3, 0.4) is 0 Å². The molecule has 0 spiro atoms. The van der Waals surface area contributed by atoms with Gasteiger partial charge in [-0.05, 0) is 41.6 Å². The smallest absolute Gasteiger partial charge is 0.0767 e. The number of fused-ring (bicyclic) bond motifs is 2. The minimum Gasteiger partial charge on any atom is -0.373 e. The third kappa shape index (κ3) is 2.12. The number of nitrogens with one attached hydrogen (secondary N) is 1. The number of nitrogens with zero attached hydrogens (tertiary/aromatic N) is 2. The molecule has 2 aliphatic heterocycles. The van der Waals surface area contributed by atoms with E-state index in [1.165, 1.54) is 25.0 Å². The first kappa shape index (κ1) is 12.6. The molecule has 3 rings (SSSR count). The first-order valence-corrected chi connectivity index (χ1v) is 7.57. The van der Waals surface area contributed by atoms with Crippen LogP contribution < -0.4 is 5.32 Å². The van der Waals surface area contributed by atoms with Gasteiger partial charge in [0.1, 0.15) is 0 Å². The molecule has 100 valence electrons. The first-order chi connectivity index (χ1) is 8.69. The van der Waals surface area contributed by atoms with Gasteiger partial charge in [0, 0.05) is 19.6 Å². The Hall–Kier alpha value is -0.390. The van der Waals surface area contributed by atoms with Gasteiger partial charge < -0.3 is 10.1 Å². The van der Waals surface area contributed by atoms with Gasteiger partial charge in [-0.2, -0.15) is 5.10 Å². The highest BCUT2D eigenvalue weighted by atomic mass is 79.9. The van der Waals surface area contributed by atoms with E-state index < -0.39 is 0 Å². The molecule has 3 atom stereocenters. The zero-order valence-corrected chi connectivity index (χ0v) is 12.5. The van der Waals surface area contributed by atoms with Crippen molar-refractivity contribution in [3.63, 3.8) is 0 Å². The van der Waals surface area contributed by atoms with Crippen LogP contribution in [-0.2, 0) is 24.8 Å². The summed E-state index contributed by atoms with van der Waals surface area (Å²) in [5, 5.41) is 8.15. The highest BCUT2D eigenvalue weighted by Gasteiger charge is 2.40. The molecule has 0 aliphatic carbocycles. The van der Waals surface area contributed by atoms with Crippen molar-refractivity contribution < 1.29 is 4.74 Å². The van der Waals surface area contributed by atoms with Crippen LogP contribution in [0.25, 0.3) is 0 Å². The highest BCUT2D eigenvalue weighted by molar-refractivity contribution is 9.10. The quantitative estimate of drug-likeness (QED) is 0.926. The van der Waals surface area contributed by atoms with Crippen LogP contribution in [0.1, 0.15) is 37.6 Å². The van der Waals surface area contributed by atoms with Crippen molar-refractivity contribution in [2.75, 3.05) is 0 Å². The number of halogens is 1. The summed E-state index contributed by atoms with van der Waals surface area (Å²) in [6.07, 6.45) is 5.54. The molecular weight excluding hydrogens is 294 g/mol. The average Bonchev–Trinajstić information content (AvgIpc) is 3.03. The average molecular weight is 314 g/mol. The molecule has 1 aromatic rings. The zero-order chi connectivity index (χ0) is 12.7. The lowest BCUT2D eigenvalue weighted by molar-refractivity contribution is 0.0972. The van der Waals surface area contributed by atoms with Crippen molar-refractivity contribution in [2.24, 2.45) is 7.05 Å². The van der Waals surface area contributed by atoms with Crippen LogP contribution in [0.2, 0.25) is 0 Å². The molecule has 2 saturated heterocycles. The largest absolute Gasteiger partial charge is 0.373 e. The normalized spacial score (nSPS) is 30.3. The topological polar surface area (TPSA) is 39.1 Å². The summed E-state index contributed by atoms with van der Waals surface area (Å²) in [6.45, 7) is 3.00. The van der Waals surface area contributed by atoms with Crippen LogP contribution in [-0.4, -0.2) is 28.0 Å². The summed E-state index contributed by atoms with van der Waals surface area (Å²) in [5.74, 6) is 0. The number of aromatic nitrogens is 2. The number of hydrogen-bond donors (Lipinski definition) is 1. The molecule has 2 bridgehead atoms. The lowest BCUT2D eigenvalue weighted by Gasteiger charge is -2.20. The van der Waals surface area contributed by atoms with Crippen LogP contribution in [0, 0.1) is 0 Å². The van der Waals surface area contributed by atoms with Gasteiger partial charge in [-0.1, -0.05) is 6.92 Å². The van der Waals surface area contributed by atoms with Gasteiger partial charge in [0.2, 0.25) is 0 Å². The maximum Gasteiger partial charge on any atom is 0.0767 e. The van der Waals surface area contributed by atoms with Crippen LogP contribution in [0.4, 0.5) is 0 Å². The fraction of sp³-hybridized carbons (Fsp3) is 0.769. The van der Waals surface area contributed by atoms with E-state index in [2.05, 4.69) is 33.3 Å².